The normalized spacial score (nSPS) is 16.9. The molecule has 1 aliphatic carbocycles. The Balaban J connectivity index is 2.33. The predicted molar refractivity (Wildman–Crippen MR) is 60.3 cm³/mol. The third-order valence-corrected chi connectivity index (χ3v) is 2.56. The van der Waals surface area contributed by atoms with E-state index in [-0.39, 0.29) is 5.75 Å². The van der Waals surface area contributed by atoms with Gasteiger partial charge >= 0.3 is 6.03 Å². The van der Waals surface area contributed by atoms with E-state index in [4.69, 9.17) is 5.73 Å². The summed E-state index contributed by atoms with van der Waals surface area (Å²) < 4.78 is 0. The zero-order valence-corrected chi connectivity index (χ0v) is 8.73. The highest BCUT2D eigenvalue weighted by atomic mass is 16.3. The number of phenolic OH excluding ortho intramolecular Hbond substituents is 1. The molecule has 2 amide bonds. The van der Waals surface area contributed by atoms with Crippen LogP contribution >= 0.6 is 0 Å². The number of nitrogens with zero attached hydrogens (tertiary/aromatic N) is 1. The van der Waals surface area contributed by atoms with Crippen molar-refractivity contribution in [3.8, 4) is 5.75 Å². The molecule has 5 heteroatoms. The van der Waals surface area contributed by atoms with Crippen LogP contribution in [0.2, 0.25) is 0 Å². The molecule has 16 heavy (non-hydrogen) atoms. The van der Waals surface area contributed by atoms with Gasteiger partial charge in [0.15, 0.2) is 0 Å². The number of urea groups is 1. The number of primary amides is 1. The number of hydrogen-bond acceptors (Lipinski definition) is 3. The lowest BCUT2D eigenvalue weighted by atomic mass is 9.90. The maximum absolute atomic E-state index is 10.6. The highest BCUT2D eigenvalue weighted by molar-refractivity contribution is 6.03. The minimum Gasteiger partial charge on any atom is -0.508 e. The molecule has 0 fully saturated rings. The number of nitrogens with one attached hydrogen (secondary N) is 1. The zero-order chi connectivity index (χ0) is 11.5. The fourth-order valence-corrected chi connectivity index (χ4v) is 1.89. The van der Waals surface area contributed by atoms with Crippen molar-refractivity contribution in [2.75, 3.05) is 0 Å². The number of amides is 2. The monoisotopic (exact) mass is 219 g/mol. The molecular formula is C11H13N3O2. The average molecular weight is 219 g/mol. The average Bonchev–Trinajstić information content (AvgIpc) is 2.25. The Hall–Kier alpha value is -2.04. The number of hydrazone groups is 1. The third-order valence-electron chi connectivity index (χ3n) is 2.56. The number of fused-ring (bicyclic) bond motifs is 1. The van der Waals surface area contributed by atoms with Gasteiger partial charge in [-0.15, -0.1) is 0 Å². The lowest BCUT2D eigenvalue weighted by Gasteiger charge is -2.17. The Bertz CT molecular complexity index is 455. The molecule has 0 aliphatic heterocycles. The van der Waals surface area contributed by atoms with Gasteiger partial charge in [-0.1, -0.05) is 0 Å². The molecule has 0 atom stereocenters. The second-order valence-corrected chi connectivity index (χ2v) is 3.73. The Morgan fingerprint density at radius 1 is 1.44 bits per heavy atom. The number of nitrogens with two attached hydrogens (primary N) is 1. The van der Waals surface area contributed by atoms with Gasteiger partial charge in [0, 0.05) is 5.56 Å². The first-order valence-electron chi connectivity index (χ1n) is 5.11. The molecule has 0 radical (unpaired) electrons. The maximum atomic E-state index is 10.6. The first kappa shape index (κ1) is 10.5. The lowest BCUT2D eigenvalue weighted by molar-refractivity contribution is 0.249. The van der Waals surface area contributed by atoms with Gasteiger partial charge in [-0.2, -0.15) is 5.10 Å². The van der Waals surface area contributed by atoms with E-state index in [0.717, 1.165) is 36.1 Å². The van der Waals surface area contributed by atoms with Crippen molar-refractivity contribution >= 4 is 11.7 Å². The Labute approximate surface area is 93.0 Å². The predicted octanol–water partition coefficient (Wildman–Crippen LogP) is 1.10. The summed E-state index contributed by atoms with van der Waals surface area (Å²) in [5, 5.41) is 13.3. The molecule has 4 N–H and O–H groups in total. The molecule has 0 saturated carbocycles. The van der Waals surface area contributed by atoms with Crippen molar-refractivity contribution in [2.45, 2.75) is 19.3 Å². The molecule has 2 rings (SSSR count). The highest BCUT2D eigenvalue weighted by Crippen LogP contribution is 2.25. The quantitative estimate of drug-likeness (QED) is 0.617. The van der Waals surface area contributed by atoms with E-state index in [1.54, 1.807) is 12.1 Å². The number of carbonyl (C=O) groups is 1. The van der Waals surface area contributed by atoms with Crippen LogP contribution in [0.5, 0.6) is 5.75 Å². The SMILES string of the molecule is NC(=O)NN=C1CCCc2cc(O)ccc21. The number of benzene rings is 1. The van der Waals surface area contributed by atoms with E-state index in [2.05, 4.69) is 10.5 Å². The third kappa shape index (κ3) is 2.13. The largest absolute Gasteiger partial charge is 0.508 e. The number of hydrogen-bond donors (Lipinski definition) is 3. The van der Waals surface area contributed by atoms with Crippen LogP contribution in [-0.4, -0.2) is 16.8 Å². The minimum absolute atomic E-state index is 0.253. The summed E-state index contributed by atoms with van der Waals surface area (Å²) in [5.74, 6) is 0.253. The molecular weight excluding hydrogens is 206 g/mol. The van der Waals surface area contributed by atoms with Gasteiger partial charge in [0.05, 0.1) is 5.71 Å². The van der Waals surface area contributed by atoms with Crippen molar-refractivity contribution in [1.82, 2.24) is 5.43 Å². The number of aryl methyl sites for hydroxylation is 1. The summed E-state index contributed by atoms with van der Waals surface area (Å²) in [5.41, 5.74) is 10.0. The summed E-state index contributed by atoms with van der Waals surface area (Å²) in [6.45, 7) is 0. The van der Waals surface area contributed by atoms with Gasteiger partial charge < -0.3 is 10.8 Å². The standard InChI is InChI=1S/C11H13N3O2/c12-11(16)14-13-10-3-1-2-7-6-8(15)4-5-9(7)10/h4-6,15H,1-3H2,(H3,12,14,16). The van der Waals surface area contributed by atoms with Gasteiger partial charge in [-0.25, -0.2) is 10.2 Å². The second kappa shape index (κ2) is 4.22. The van der Waals surface area contributed by atoms with Crippen LogP contribution in [-0.2, 0) is 6.42 Å². The van der Waals surface area contributed by atoms with Crippen molar-refractivity contribution in [3.05, 3.63) is 29.3 Å². The first-order valence-corrected chi connectivity index (χ1v) is 5.11. The molecule has 0 saturated heterocycles. The van der Waals surface area contributed by atoms with Crippen LogP contribution in [0, 0.1) is 0 Å². The van der Waals surface area contributed by atoms with Gasteiger partial charge in [0.1, 0.15) is 5.75 Å². The fourth-order valence-electron chi connectivity index (χ4n) is 1.89. The molecule has 1 aromatic rings. The summed E-state index contributed by atoms with van der Waals surface area (Å²) in [6, 6.07) is 4.49. The van der Waals surface area contributed by atoms with Gasteiger partial charge in [-0.3, -0.25) is 0 Å². The zero-order valence-electron chi connectivity index (χ0n) is 8.73. The fraction of sp³-hybridized carbons (Fsp3) is 0.273. The minimum atomic E-state index is -0.668. The van der Waals surface area contributed by atoms with Crippen molar-refractivity contribution in [3.63, 3.8) is 0 Å². The molecule has 0 spiro atoms. The molecule has 1 aliphatic rings. The first-order chi connectivity index (χ1) is 7.66. The molecule has 84 valence electrons. The van der Waals surface area contributed by atoms with E-state index in [1.807, 2.05) is 6.07 Å². The Morgan fingerprint density at radius 2 is 2.25 bits per heavy atom. The maximum Gasteiger partial charge on any atom is 0.332 e. The number of phenols is 1. The Morgan fingerprint density at radius 3 is 3.00 bits per heavy atom. The van der Waals surface area contributed by atoms with Crippen LogP contribution in [0.15, 0.2) is 23.3 Å². The van der Waals surface area contributed by atoms with E-state index in [0.29, 0.717) is 0 Å². The number of aromatic hydroxyl groups is 1. The molecule has 0 heterocycles. The van der Waals surface area contributed by atoms with E-state index in [9.17, 15) is 9.90 Å². The van der Waals surface area contributed by atoms with Gasteiger partial charge in [0.25, 0.3) is 0 Å². The second-order valence-electron chi connectivity index (χ2n) is 3.73. The number of rotatable bonds is 1. The van der Waals surface area contributed by atoms with Crippen LogP contribution < -0.4 is 11.2 Å². The van der Waals surface area contributed by atoms with Crippen LogP contribution in [0.3, 0.4) is 0 Å². The molecule has 1 aromatic carbocycles. The lowest BCUT2D eigenvalue weighted by Crippen LogP contribution is -2.27. The van der Waals surface area contributed by atoms with Crippen molar-refractivity contribution in [2.24, 2.45) is 10.8 Å². The summed E-state index contributed by atoms with van der Waals surface area (Å²) in [7, 11) is 0. The number of carbonyl (C=O) groups excluding carboxylic acids is 1. The van der Waals surface area contributed by atoms with E-state index >= 15 is 0 Å². The van der Waals surface area contributed by atoms with E-state index < -0.39 is 6.03 Å². The molecule has 0 bridgehead atoms. The van der Waals surface area contributed by atoms with E-state index in [1.165, 1.54) is 0 Å². The Kier molecular flexibility index (Phi) is 2.76. The topological polar surface area (TPSA) is 87.7 Å². The van der Waals surface area contributed by atoms with Gasteiger partial charge in [0.2, 0.25) is 0 Å². The van der Waals surface area contributed by atoms with Gasteiger partial charge in [-0.05, 0) is 43.0 Å². The van der Waals surface area contributed by atoms with Crippen LogP contribution in [0.1, 0.15) is 24.0 Å². The summed E-state index contributed by atoms with van der Waals surface area (Å²) >= 11 is 0. The highest BCUT2D eigenvalue weighted by Gasteiger charge is 2.15. The molecule has 0 aromatic heterocycles. The van der Waals surface area contributed by atoms with Crippen LogP contribution in [0.4, 0.5) is 4.79 Å². The molecule has 0 unspecified atom stereocenters. The molecule has 5 nitrogen and oxygen atoms in total. The van der Waals surface area contributed by atoms with Crippen LogP contribution in [0.25, 0.3) is 0 Å². The van der Waals surface area contributed by atoms with Crippen molar-refractivity contribution in [1.29, 1.82) is 0 Å². The van der Waals surface area contributed by atoms with Crippen molar-refractivity contribution < 1.29 is 9.90 Å². The smallest absolute Gasteiger partial charge is 0.332 e. The summed E-state index contributed by atoms with van der Waals surface area (Å²) in [6.07, 6.45) is 2.67. The summed E-state index contributed by atoms with van der Waals surface area (Å²) in [4.78, 5) is 10.6.